The molecule has 1 aromatic carbocycles. The largest absolute Gasteiger partial charge is 0.405 e. The topological polar surface area (TPSA) is 281 Å². The third-order valence-corrected chi connectivity index (χ3v) is 12.6. The highest BCUT2D eigenvalue weighted by atomic mass is 35.5. The van der Waals surface area contributed by atoms with Crippen molar-refractivity contribution in [1.29, 1.82) is 0 Å². The van der Waals surface area contributed by atoms with E-state index in [1.807, 2.05) is 19.2 Å². The molecule has 1 saturated carbocycles. The van der Waals surface area contributed by atoms with E-state index in [9.17, 15) is 59.9 Å². The SMILES string of the molecule is CC[C@H](NC(=O)[C@H](CC1CCCCC1)NC(=O)[C@@H](NC(=O)[C@H](CC(C)C)NC(=O)c1cnccn1)[C@@H](C)CC)C(=O)C(=O)NCC(=O)NS(=O)(=O)c1cc(C(=O)NCC(F)(F)F)ccc1Cl. The number of nitrogens with one attached hydrogen (secondary N) is 7. The Bertz CT molecular complexity index is 2180. The summed E-state index contributed by atoms with van der Waals surface area (Å²) in [4.78, 5) is 113. The Morgan fingerprint density at radius 2 is 1.45 bits per heavy atom. The molecule has 7 amide bonds. The second-order valence-corrected chi connectivity index (χ2v) is 18.5. The molecule has 5 atom stereocenters. The number of nitrogens with zero attached hydrogens (tertiary/aromatic N) is 2. The monoisotopic (exact) mass is 971 g/mol. The lowest BCUT2D eigenvalue weighted by atomic mass is 9.84. The zero-order chi connectivity index (χ0) is 49.4. The maximum Gasteiger partial charge on any atom is 0.405 e. The van der Waals surface area contributed by atoms with Crippen molar-refractivity contribution in [2.75, 3.05) is 13.1 Å². The summed E-state index contributed by atoms with van der Waals surface area (Å²) in [6, 6.07) is -2.43. The number of hydrogen-bond acceptors (Lipinski definition) is 12. The van der Waals surface area contributed by atoms with Crippen LogP contribution in [0.25, 0.3) is 0 Å². The van der Waals surface area contributed by atoms with Crippen LogP contribution in [-0.2, 0) is 38.8 Å². The van der Waals surface area contributed by atoms with Crippen LogP contribution in [0.2, 0.25) is 5.02 Å². The van der Waals surface area contributed by atoms with E-state index >= 15 is 0 Å². The minimum absolute atomic E-state index is 0.0101. The number of halogens is 4. The number of sulfonamides is 1. The number of alkyl halides is 3. The predicted molar refractivity (Wildman–Crippen MR) is 233 cm³/mol. The van der Waals surface area contributed by atoms with Crippen molar-refractivity contribution in [3.05, 3.63) is 53.1 Å². The van der Waals surface area contributed by atoms with Crippen LogP contribution < -0.4 is 36.6 Å². The van der Waals surface area contributed by atoms with Crippen molar-refractivity contribution in [3.8, 4) is 0 Å². The summed E-state index contributed by atoms with van der Waals surface area (Å²) in [5.41, 5.74) is -0.544. The molecule has 1 aliphatic carbocycles. The fourth-order valence-electron chi connectivity index (χ4n) is 6.96. The van der Waals surface area contributed by atoms with Gasteiger partial charge in [-0.05, 0) is 55.2 Å². The van der Waals surface area contributed by atoms with Crippen LogP contribution in [0.3, 0.4) is 0 Å². The smallest absolute Gasteiger partial charge is 0.344 e. The van der Waals surface area contributed by atoms with Gasteiger partial charge in [0, 0.05) is 18.0 Å². The van der Waals surface area contributed by atoms with Crippen LogP contribution in [0, 0.1) is 17.8 Å². The Balaban J connectivity index is 1.72. The lowest BCUT2D eigenvalue weighted by molar-refractivity contribution is -0.141. The second-order valence-electron chi connectivity index (χ2n) is 16.4. The van der Waals surface area contributed by atoms with Crippen LogP contribution in [-0.4, -0.2) is 109 Å². The highest BCUT2D eigenvalue weighted by Gasteiger charge is 2.36. The van der Waals surface area contributed by atoms with Gasteiger partial charge in [0.1, 0.15) is 35.3 Å². The third kappa shape index (κ3) is 17.3. The van der Waals surface area contributed by atoms with Gasteiger partial charge >= 0.3 is 6.18 Å². The molecule has 66 heavy (non-hydrogen) atoms. The first-order chi connectivity index (χ1) is 31.0. The van der Waals surface area contributed by atoms with E-state index < -0.39 is 122 Å². The van der Waals surface area contributed by atoms with Crippen molar-refractivity contribution < 1.29 is 59.9 Å². The number of rotatable bonds is 23. The van der Waals surface area contributed by atoms with E-state index in [4.69, 9.17) is 11.6 Å². The standard InChI is InChI=1S/C42H57ClF3N9O10S/c1-6-24(5)34(54-38(60)29(17-23(3)4)52-39(61)31-20-47-15-16-48-31)40(62)53-30(18-25-11-9-8-10-12-25)37(59)51-28(7-2)35(57)41(63)49-21-33(56)55-66(64,65)32-19-26(13-14-27(32)43)36(58)50-22-42(44,45)46/h13-16,19-20,23-25,28-30,34H,6-12,17-18,21-22H2,1-5H3,(H,49,63)(H,50,58)(H,51,59)(H,52,61)(H,53,62)(H,54,60)(H,55,56)/t24-,28-,29-,30-,34-/m0/s1. The number of amides is 7. The van der Waals surface area contributed by atoms with Crippen LogP contribution in [0.1, 0.15) is 113 Å². The molecule has 24 heteroatoms. The molecule has 0 saturated heterocycles. The molecule has 0 radical (unpaired) electrons. The average Bonchev–Trinajstić information content (AvgIpc) is 3.27. The van der Waals surface area contributed by atoms with E-state index in [1.165, 1.54) is 25.5 Å². The van der Waals surface area contributed by atoms with Crippen LogP contribution in [0.5, 0.6) is 0 Å². The average molecular weight is 972 g/mol. The van der Waals surface area contributed by atoms with E-state index in [-0.39, 0.29) is 36.8 Å². The number of aromatic nitrogens is 2. The predicted octanol–water partition coefficient (Wildman–Crippen LogP) is 2.64. The van der Waals surface area contributed by atoms with Crippen molar-refractivity contribution in [2.45, 2.75) is 128 Å². The quantitative estimate of drug-likeness (QED) is 0.0792. The van der Waals surface area contributed by atoms with Crippen molar-refractivity contribution in [1.82, 2.24) is 46.6 Å². The molecule has 3 rings (SSSR count). The summed E-state index contributed by atoms with van der Waals surface area (Å²) in [7, 11) is -4.88. The summed E-state index contributed by atoms with van der Waals surface area (Å²) < 4.78 is 65.2. The van der Waals surface area contributed by atoms with E-state index in [0.717, 1.165) is 44.2 Å². The molecular formula is C42H57ClF3N9O10S. The molecule has 0 spiro atoms. The molecular weight excluding hydrogens is 915 g/mol. The van der Waals surface area contributed by atoms with Gasteiger partial charge < -0.3 is 31.9 Å². The maximum absolute atomic E-state index is 14.1. The summed E-state index contributed by atoms with van der Waals surface area (Å²) in [6.45, 7) is 5.94. The number of carbonyl (C=O) groups excluding carboxylic acids is 8. The van der Waals surface area contributed by atoms with Gasteiger partial charge in [-0.3, -0.25) is 43.3 Å². The fourth-order valence-corrected chi connectivity index (χ4v) is 8.47. The van der Waals surface area contributed by atoms with Gasteiger partial charge in [-0.25, -0.2) is 18.1 Å². The molecule has 364 valence electrons. The lowest BCUT2D eigenvalue weighted by Crippen LogP contribution is -2.60. The van der Waals surface area contributed by atoms with Crippen molar-refractivity contribution >= 4 is 68.8 Å². The number of hydrogen-bond donors (Lipinski definition) is 7. The molecule has 1 aliphatic rings. The molecule has 1 fully saturated rings. The van der Waals surface area contributed by atoms with Gasteiger partial charge in [-0.2, -0.15) is 13.2 Å². The molecule has 19 nitrogen and oxygen atoms in total. The van der Waals surface area contributed by atoms with Gasteiger partial charge in [0.2, 0.25) is 23.5 Å². The lowest BCUT2D eigenvalue weighted by Gasteiger charge is -2.31. The van der Waals surface area contributed by atoms with Crippen molar-refractivity contribution in [2.24, 2.45) is 17.8 Å². The molecule has 1 heterocycles. The summed E-state index contributed by atoms with van der Waals surface area (Å²) in [5, 5.41) is 13.7. The summed E-state index contributed by atoms with van der Waals surface area (Å²) in [5.74, 6) is -8.55. The molecule has 7 N–H and O–H groups in total. The molecule has 0 aliphatic heterocycles. The first-order valence-corrected chi connectivity index (χ1v) is 23.3. The Kier molecular flexibility index (Phi) is 20.9. The number of ketones is 1. The molecule has 2 aromatic rings. The zero-order valence-electron chi connectivity index (χ0n) is 37.2. The highest BCUT2D eigenvalue weighted by molar-refractivity contribution is 7.90. The highest BCUT2D eigenvalue weighted by Crippen LogP contribution is 2.28. The van der Waals surface area contributed by atoms with Gasteiger partial charge in [-0.15, -0.1) is 0 Å². The van der Waals surface area contributed by atoms with E-state index in [0.29, 0.717) is 12.5 Å². The van der Waals surface area contributed by atoms with E-state index in [2.05, 4.69) is 31.2 Å². The van der Waals surface area contributed by atoms with Gasteiger partial charge in [0.15, 0.2) is 0 Å². The Hall–Kier alpha value is -5.71. The first kappa shape index (κ1) is 54.6. The molecule has 0 bridgehead atoms. The Morgan fingerprint density at radius 3 is 2.05 bits per heavy atom. The molecule has 1 aromatic heterocycles. The van der Waals surface area contributed by atoms with Crippen LogP contribution >= 0.6 is 11.6 Å². The maximum atomic E-state index is 14.1. The Labute approximate surface area is 385 Å². The summed E-state index contributed by atoms with van der Waals surface area (Å²) in [6.07, 6.45) is 4.19. The Morgan fingerprint density at radius 1 is 0.803 bits per heavy atom. The third-order valence-electron chi connectivity index (χ3n) is 10.7. The van der Waals surface area contributed by atoms with E-state index in [1.54, 1.807) is 23.9 Å². The zero-order valence-corrected chi connectivity index (χ0v) is 38.8. The number of carbonyl (C=O) groups is 8. The van der Waals surface area contributed by atoms with Gasteiger partial charge in [0.05, 0.1) is 23.8 Å². The van der Waals surface area contributed by atoms with Gasteiger partial charge in [-0.1, -0.05) is 84.7 Å². The van der Waals surface area contributed by atoms with Crippen LogP contribution in [0.15, 0.2) is 41.7 Å². The van der Waals surface area contributed by atoms with Crippen molar-refractivity contribution in [3.63, 3.8) is 0 Å². The number of Topliss-reactive ketones (excluding diaryl/α,β-unsaturated/α-hetero) is 1. The fraction of sp³-hybridized carbons (Fsp3) is 0.571. The minimum Gasteiger partial charge on any atom is -0.344 e. The number of benzene rings is 1. The second kappa shape index (κ2) is 25.3. The first-order valence-electron chi connectivity index (χ1n) is 21.5. The van der Waals surface area contributed by atoms with Gasteiger partial charge in [0.25, 0.3) is 33.7 Å². The normalized spacial score (nSPS) is 15.5. The van der Waals surface area contributed by atoms with Crippen LogP contribution in [0.4, 0.5) is 13.2 Å². The molecule has 0 unspecified atom stereocenters. The minimum atomic E-state index is -4.88. The summed E-state index contributed by atoms with van der Waals surface area (Å²) >= 11 is 5.95.